The van der Waals surface area contributed by atoms with Crippen LogP contribution in [0.25, 0.3) is 0 Å². The molecular weight excluding hydrogens is 308 g/mol. The molecule has 0 aromatic heterocycles. The number of benzene rings is 2. The lowest BCUT2D eigenvalue weighted by Crippen LogP contribution is -2.32. The van der Waals surface area contributed by atoms with Crippen LogP contribution >= 0.6 is 12.2 Å². The highest BCUT2D eigenvalue weighted by atomic mass is 32.1. The molecule has 4 nitrogen and oxygen atoms in total. The van der Waals surface area contributed by atoms with E-state index in [4.69, 9.17) is 17.0 Å². The Hall–Kier alpha value is -2.40. The fourth-order valence-corrected chi connectivity index (χ4v) is 2.53. The summed E-state index contributed by atoms with van der Waals surface area (Å²) < 4.78 is 4.72. The normalized spacial score (nSPS) is 11.4. The van der Waals surface area contributed by atoms with Crippen molar-refractivity contribution in [3.05, 3.63) is 65.7 Å². The largest absolute Gasteiger partial charge is 0.465 e. The van der Waals surface area contributed by atoms with Crippen LogP contribution in [0.1, 0.15) is 35.3 Å². The zero-order valence-electron chi connectivity index (χ0n) is 13.2. The first-order chi connectivity index (χ1) is 11.1. The van der Waals surface area contributed by atoms with Gasteiger partial charge in [-0.25, -0.2) is 4.79 Å². The quantitative estimate of drug-likeness (QED) is 0.644. The van der Waals surface area contributed by atoms with Gasteiger partial charge in [0, 0.05) is 5.69 Å². The summed E-state index contributed by atoms with van der Waals surface area (Å²) in [5.41, 5.74) is 2.41. The molecule has 1 atom stereocenters. The molecular formula is C18H20N2O2S. The van der Waals surface area contributed by atoms with Crippen molar-refractivity contribution in [2.75, 3.05) is 12.4 Å². The molecule has 0 spiro atoms. The molecule has 0 radical (unpaired) electrons. The summed E-state index contributed by atoms with van der Waals surface area (Å²) in [6, 6.07) is 17.3. The summed E-state index contributed by atoms with van der Waals surface area (Å²) in [6.07, 6.45) is 0.911. The first-order valence-corrected chi connectivity index (χ1v) is 7.85. The van der Waals surface area contributed by atoms with Crippen molar-refractivity contribution in [2.24, 2.45) is 0 Å². The van der Waals surface area contributed by atoms with E-state index in [0.717, 1.165) is 12.1 Å². The third-order valence-corrected chi connectivity index (χ3v) is 3.68. The van der Waals surface area contributed by atoms with Crippen molar-refractivity contribution in [3.63, 3.8) is 0 Å². The minimum Gasteiger partial charge on any atom is -0.465 e. The zero-order valence-corrected chi connectivity index (χ0v) is 14.0. The Labute approximate surface area is 141 Å². The van der Waals surface area contributed by atoms with Gasteiger partial charge in [-0.05, 0) is 42.4 Å². The summed E-state index contributed by atoms with van der Waals surface area (Å²) in [5.74, 6) is -0.372. The van der Waals surface area contributed by atoms with E-state index < -0.39 is 0 Å². The van der Waals surface area contributed by atoms with Gasteiger partial charge < -0.3 is 15.4 Å². The molecule has 0 heterocycles. The Morgan fingerprint density at radius 2 is 1.91 bits per heavy atom. The number of carbonyl (C=O) groups is 1. The second-order valence-corrected chi connectivity index (χ2v) is 5.45. The van der Waals surface area contributed by atoms with E-state index in [0.29, 0.717) is 10.7 Å². The average Bonchev–Trinajstić information content (AvgIpc) is 2.60. The molecule has 0 aliphatic rings. The van der Waals surface area contributed by atoms with Crippen LogP contribution in [-0.2, 0) is 4.74 Å². The van der Waals surface area contributed by atoms with Crippen molar-refractivity contribution in [3.8, 4) is 0 Å². The molecule has 5 heteroatoms. The number of carbonyl (C=O) groups excluding carboxylic acids is 1. The SMILES string of the molecule is CCC(NC(=S)Nc1cccc(C(=O)OC)c1)c1ccccc1. The van der Waals surface area contributed by atoms with E-state index in [9.17, 15) is 4.79 Å². The van der Waals surface area contributed by atoms with Gasteiger partial charge in [-0.2, -0.15) is 0 Å². The molecule has 0 aliphatic carbocycles. The number of ether oxygens (including phenoxy) is 1. The number of methoxy groups -OCH3 is 1. The van der Waals surface area contributed by atoms with Crippen molar-refractivity contribution >= 4 is 29.0 Å². The van der Waals surface area contributed by atoms with Gasteiger partial charge in [0.1, 0.15) is 0 Å². The molecule has 0 fully saturated rings. The van der Waals surface area contributed by atoms with Crippen LogP contribution in [0.3, 0.4) is 0 Å². The summed E-state index contributed by atoms with van der Waals surface area (Å²) >= 11 is 5.38. The number of hydrogen-bond donors (Lipinski definition) is 2. The van der Waals surface area contributed by atoms with Crippen molar-refractivity contribution in [2.45, 2.75) is 19.4 Å². The Balaban J connectivity index is 2.03. The highest BCUT2D eigenvalue weighted by molar-refractivity contribution is 7.80. The lowest BCUT2D eigenvalue weighted by molar-refractivity contribution is 0.0601. The first-order valence-electron chi connectivity index (χ1n) is 7.45. The van der Waals surface area contributed by atoms with E-state index in [-0.39, 0.29) is 12.0 Å². The fourth-order valence-electron chi connectivity index (χ4n) is 2.27. The van der Waals surface area contributed by atoms with Gasteiger partial charge in [-0.3, -0.25) is 0 Å². The molecule has 120 valence electrons. The Morgan fingerprint density at radius 1 is 1.17 bits per heavy atom. The minimum absolute atomic E-state index is 0.139. The summed E-state index contributed by atoms with van der Waals surface area (Å²) in [7, 11) is 1.36. The fraction of sp³-hybridized carbons (Fsp3) is 0.222. The summed E-state index contributed by atoms with van der Waals surface area (Å²) in [4.78, 5) is 11.6. The average molecular weight is 328 g/mol. The number of nitrogens with one attached hydrogen (secondary N) is 2. The molecule has 2 aromatic rings. The standard InChI is InChI=1S/C18H20N2O2S/c1-3-16(13-8-5-4-6-9-13)20-18(23)19-15-11-7-10-14(12-15)17(21)22-2/h4-12,16H,3H2,1-2H3,(H2,19,20,23). The van der Waals surface area contributed by atoms with E-state index in [2.05, 4.69) is 29.7 Å². The maximum atomic E-state index is 11.6. The molecule has 2 N–H and O–H groups in total. The molecule has 2 rings (SSSR count). The van der Waals surface area contributed by atoms with Crippen LogP contribution in [0, 0.1) is 0 Å². The lowest BCUT2D eigenvalue weighted by Gasteiger charge is -2.20. The smallest absolute Gasteiger partial charge is 0.337 e. The molecule has 2 aromatic carbocycles. The maximum Gasteiger partial charge on any atom is 0.337 e. The van der Waals surface area contributed by atoms with Crippen molar-refractivity contribution in [1.29, 1.82) is 0 Å². The van der Waals surface area contributed by atoms with Crippen LogP contribution in [0.5, 0.6) is 0 Å². The van der Waals surface area contributed by atoms with Gasteiger partial charge in [-0.15, -0.1) is 0 Å². The Morgan fingerprint density at radius 3 is 2.57 bits per heavy atom. The van der Waals surface area contributed by atoms with Crippen LogP contribution < -0.4 is 10.6 Å². The van der Waals surface area contributed by atoms with E-state index in [1.54, 1.807) is 18.2 Å². The Bertz CT molecular complexity index is 674. The molecule has 0 amide bonds. The number of anilines is 1. The monoisotopic (exact) mass is 328 g/mol. The number of hydrogen-bond acceptors (Lipinski definition) is 3. The minimum atomic E-state index is -0.372. The zero-order chi connectivity index (χ0) is 16.7. The van der Waals surface area contributed by atoms with Gasteiger partial charge in [0.15, 0.2) is 5.11 Å². The predicted octanol–water partition coefficient (Wildman–Crippen LogP) is 3.91. The lowest BCUT2D eigenvalue weighted by atomic mass is 10.1. The molecule has 0 saturated carbocycles. The molecule has 0 saturated heterocycles. The second kappa shape index (κ2) is 8.29. The number of rotatable bonds is 5. The molecule has 0 bridgehead atoms. The van der Waals surface area contributed by atoms with E-state index >= 15 is 0 Å². The first kappa shape index (κ1) is 17.0. The van der Waals surface area contributed by atoms with Gasteiger partial charge in [0.25, 0.3) is 0 Å². The van der Waals surface area contributed by atoms with Gasteiger partial charge in [0.05, 0.1) is 18.7 Å². The maximum absolute atomic E-state index is 11.6. The Kier molecular flexibility index (Phi) is 6.11. The highest BCUT2D eigenvalue weighted by Gasteiger charge is 2.11. The third-order valence-electron chi connectivity index (χ3n) is 3.46. The van der Waals surface area contributed by atoms with Gasteiger partial charge in [0.2, 0.25) is 0 Å². The van der Waals surface area contributed by atoms with Crippen LogP contribution in [0.4, 0.5) is 5.69 Å². The predicted molar refractivity (Wildman–Crippen MR) is 96.6 cm³/mol. The molecule has 23 heavy (non-hydrogen) atoms. The molecule has 0 aliphatic heterocycles. The van der Waals surface area contributed by atoms with Gasteiger partial charge >= 0.3 is 5.97 Å². The number of thiocarbonyl (C=S) groups is 1. The summed E-state index contributed by atoms with van der Waals surface area (Å²) in [5, 5.41) is 6.92. The van der Waals surface area contributed by atoms with Crippen LogP contribution in [0.15, 0.2) is 54.6 Å². The van der Waals surface area contributed by atoms with Crippen molar-refractivity contribution in [1.82, 2.24) is 5.32 Å². The van der Waals surface area contributed by atoms with E-state index in [1.165, 1.54) is 12.7 Å². The topological polar surface area (TPSA) is 50.4 Å². The second-order valence-electron chi connectivity index (χ2n) is 5.04. The van der Waals surface area contributed by atoms with E-state index in [1.807, 2.05) is 24.3 Å². The molecule has 1 unspecified atom stereocenters. The van der Waals surface area contributed by atoms with Crippen molar-refractivity contribution < 1.29 is 9.53 Å². The van der Waals surface area contributed by atoms with Gasteiger partial charge in [-0.1, -0.05) is 43.3 Å². The highest BCUT2D eigenvalue weighted by Crippen LogP contribution is 2.17. The van der Waals surface area contributed by atoms with Crippen LogP contribution in [-0.4, -0.2) is 18.2 Å². The van der Waals surface area contributed by atoms with Crippen LogP contribution in [0.2, 0.25) is 0 Å². The summed E-state index contributed by atoms with van der Waals surface area (Å²) in [6.45, 7) is 2.10. The third kappa shape index (κ3) is 4.79. The number of esters is 1.